The van der Waals surface area contributed by atoms with Gasteiger partial charge in [-0.15, -0.1) is 11.8 Å². The van der Waals surface area contributed by atoms with Gasteiger partial charge in [0.2, 0.25) is 0 Å². The highest BCUT2D eigenvalue weighted by atomic mass is 35.5. The van der Waals surface area contributed by atoms with Crippen molar-refractivity contribution in [2.45, 2.75) is 57.4 Å². The Hall–Kier alpha value is -3.03. The van der Waals surface area contributed by atoms with Crippen LogP contribution < -0.4 is 5.32 Å². The first kappa shape index (κ1) is 27.5. The molecule has 1 fully saturated rings. The molecular formula is C31H35ClN4O2S. The minimum absolute atomic E-state index is 0.0493. The van der Waals surface area contributed by atoms with Crippen molar-refractivity contribution in [2.75, 3.05) is 13.1 Å². The van der Waals surface area contributed by atoms with E-state index < -0.39 is 5.60 Å². The minimum Gasteiger partial charge on any atom is -0.444 e. The molecule has 1 N–H and O–H groups in total. The largest absolute Gasteiger partial charge is 0.444 e. The first-order valence-corrected chi connectivity index (χ1v) is 14.7. The van der Waals surface area contributed by atoms with Crippen LogP contribution in [0.25, 0.3) is 0 Å². The predicted octanol–water partition coefficient (Wildman–Crippen LogP) is 7.24. The second kappa shape index (κ2) is 11.2. The monoisotopic (exact) mass is 562 g/mol. The van der Waals surface area contributed by atoms with E-state index in [1.807, 2.05) is 39.1 Å². The van der Waals surface area contributed by atoms with E-state index in [-0.39, 0.29) is 17.6 Å². The van der Waals surface area contributed by atoms with Gasteiger partial charge in [0.05, 0.1) is 11.7 Å². The summed E-state index contributed by atoms with van der Waals surface area (Å²) in [5.41, 5.74) is 3.78. The van der Waals surface area contributed by atoms with E-state index in [4.69, 9.17) is 21.3 Å². The number of carbonyl (C=O) groups is 1. The molecule has 39 heavy (non-hydrogen) atoms. The molecule has 3 aliphatic rings. The summed E-state index contributed by atoms with van der Waals surface area (Å²) in [5, 5.41) is 3.74. The number of aromatic nitrogens is 1. The number of fused-ring (bicyclic) bond motifs is 1. The van der Waals surface area contributed by atoms with Crippen LogP contribution >= 0.6 is 23.4 Å². The van der Waals surface area contributed by atoms with E-state index >= 15 is 0 Å². The van der Waals surface area contributed by atoms with E-state index in [1.54, 1.807) is 17.8 Å². The van der Waals surface area contributed by atoms with Crippen LogP contribution in [0.5, 0.6) is 0 Å². The first-order chi connectivity index (χ1) is 18.6. The van der Waals surface area contributed by atoms with Gasteiger partial charge in [-0.2, -0.15) is 0 Å². The van der Waals surface area contributed by atoms with Crippen LogP contribution in [-0.4, -0.2) is 40.9 Å². The third-order valence-corrected chi connectivity index (χ3v) is 8.60. The van der Waals surface area contributed by atoms with Gasteiger partial charge >= 0.3 is 6.09 Å². The van der Waals surface area contributed by atoms with Crippen molar-refractivity contribution in [3.63, 3.8) is 0 Å². The van der Waals surface area contributed by atoms with Gasteiger partial charge < -0.3 is 15.0 Å². The molecule has 8 heteroatoms. The van der Waals surface area contributed by atoms with Gasteiger partial charge in [0.25, 0.3) is 0 Å². The van der Waals surface area contributed by atoms with Gasteiger partial charge in [-0.25, -0.2) is 14.8 Å². The van der Waals surface area contributed by atoms with Gasteiger partial charge in [-0.1, -0.05) is 48.5 Å². The van der Waals surface area contributed by atoms with Crippen molar-refractivity contribution >= 4 is 35.7 Å². The van der Waals surface area contributed by atoms with Crippen molar-refractivity contribution < 1.29 is 9.53 Å². The Kier molecular flexibility index (Phi) is 7.92. The maximum atomic E-state index is 12.8. The number of hydrogen-bond donors (Lipinski definition) is 1. The fraction of sp³-hybridized carbons (Fsp3) is 0.387. The highest BCUT2D eigenvalue weighted by Gasteiger charge is 2.48. The van der Waals surface area contributed by atoms with Gasteiger partial charge in [0.15, 0.2) is 0 Å². The molecule has 1 spiro atoms. The first-order valence-electron chi connectivity index (χ1n) is 13.3. The number of halogens is 1. The summed E-state index contributed by atoms with van der Waals surface area (Å²) >= 11 is 7.70. The number of alkyl carbamates (subject to hydrolysis) is 1. The molecule has 1 atom stereocenters. The van der Waals surface area contributed by atoms with Crippen LogP contribution in [-0.2, 0) is 16.9 Å². The van der Waals surface area contributed by atoms with Crippen LogP contribution in [0.1, 0.15) is 56.5 Å². The number of rotatable bonds is 5. The van der Waals surface area contributed by atoms with E-state index in [0.29, 0.717) is 10.9 Å². The molecule has 1 aromatic heterocycles. The number of amides is 1. The number of piperidine rings is 1. The summed E-state index contributed by atoms with van der Waals surface area (Å²) in [4.78, 5) is 25.4. The Morgan fingerprint density at radius 2 is 1.95 bits per heavy atom. The Labute approximate surface area is 240 Å². The second-order valence-corrected chi connectivity index (χ2v) is 12.9. The van der Waals surface area contributed by atoms with Crippen LogP contribution in [0, 0.1) is 5.41 Å². The van der Waals surface area contributed by atoms with Gasteiger partial charge in [-0.3, -0.25) is 0 Å². The summed E-state index contributed by atoms with van der Waals surface area (Å²) in [6.45, 7) is 11.6. The smallest absolute Gasteiger partial charge is 0.408 e. The molecule has 1 aliphatic carbocycles. The maximum Gasteiger partial charge on any atom is 0.408 e. The van der Waals surface area contributed by atoms with Crippen LogP contribution in [0.4, 0.5) is 4.79 Å². The molecular weight excluding hydrogens is 528 g/mol. The average Bonchev–Trinajstić information content (AvgIpc) is 3.02. The molecule has 3 heterocycles. The SMILES string of the molecule is C=C1C=C(SCc2cccc(Cl)n2)C=NC(N2CCC3(CC2)Cc2ccccc2[C@H]3NC(=O)OC(C)(C)C)=C1. The highest BCUT2D eigenvalue weighted by Crippen LogP contribution is 2.52. The fourth-order valence-electron chi connectivity index (χ4n) is 5.63. The number of nitrogens with zero attached hydrogens (tertiary/aromatic N) is 3. The highest BCUT2D eigenvalue weighted by molar-refractivity contribution is 8.03. The normalized spacial score (nSPS) is 20.3. The Morgan fingerprint density at radius 1 is 1.18 bits per heavy atom. The standard InChI is InChI=1S/C31H35ClN4O2S/c1-21-16-24(39-20-23-9-7-11-26(32)34-23)19-33-27(17-21)36-14-12-31(13-15-36)18-22-8-5-6-10-25(22)28(31)35-29(37)38-30(2,3)4/h5-11,16-17,19,28H,1,12-15,18,20H2,2-4H3,(H,35,37)/t28-/m1/s1. The second-order valence-electron chi connectivity index (χ2n) is 11.4. The number of carbonyl (C=O) groups excluding carboxylic acids is 1. The van der Waals surface area contributed by atoms with Crippen LogP contribution in [0.15, 0.2) is 82.5 Å². The zero-order valence-electron chi connectivity index (χ0n) is 22.7. The molecule has 6 nitrogen and oxygen atoms in total. The molecule has 1 saturated heterocycles. The van der Waals surface area contributed by atoms with Crippen LogP contribution in [0.3, 0.4) is 0 Å². The number of benzene rings is 1. The lowest BCUT2D eigenvalue weighted by atomic mass is 9.72. The third kappa shape index (κ3) is 6.59. The van der Waals surface area contributed by atoms with Crippen molar-refractivity contribution in [3.8, 4) is 0 Å². The maximum absolute atomic E-state index is 12.8. The molecule has 1 aromatic carbocycles. The molecule has 2 aromatic rings. The summed E-state index contributed by atoms with van der Waals surface area (Å²) in [6.07, 6.45) is 8.51. The Morgan fingerprint density at radius 3 is 2.69 bits per heavy atom. The molecule has 5 rings (SSSR count). The molecule has 1 amide bonds. The number of pyridine rings is 1. The lowest BCUT2D eigenvalue weighted by Crippen LogP contribution is -2.47. The number of hydrogen-bond acceptors (Lipinski definition) is 6. The lowest BCUT2D eigenvalue weighted by Gasteiger charge is -2.44. The predicted molar refractivity (Wildman–Crippen MR) is 160 cm³/mol. The van der Waals surface area contributed by atoms with E-state index in [9.17, 15) is 4.79 Å². The molecule has 0 unspecified atom stereocenters. The quantitative estimate of drug-likeness (QED) is 0.389. The zero-order valence-corrected chi connectivity index (χ0v) is 24.3. The van der Waals surface area contributed by atoms with E-state index in [1.165, 1.54) is 11.1 Å². The number of likely N-dealkylation sites (tertiary alicyclic amines) is 1. The molecule has 2 aliphatic heterocycles. The average molecular weight is 563 g/mol. The van der Waals surface area contributed by atoms with Gasteiger partial charge in [-0.05, 0) is 81.0 Å². The number of nitrogens with one attached hydrogen (secondary N) is 1. The minimum atomic E-state index is -0.541. The van der Waals surface area contributed by atoms with Crippen molar-refractivity contribution in [3.05, 3.63) is 99.5 Å². The third-order valence-electron chi connectivity index (χ3n) is 7.39. The van der Waals surface area contributed by atoms with Crippen LogP contribution in [0.2, 0.25) is 5.15 Å². The zero-order chi connectivity index (χ0) is 27.6. The number of aliphatic imine (C=N–C) groups is 1. The number of ether oxygens (including phenoxy) is 1. The summed E-state index contributed by atoms with van der Waals surface area (Å²) in [6, 6.07) is 14.1. The lowest BCUT2D eigenvalue weighted by molar-refractivity contribution is 0.0375. The molecule has 0 bridgehead atoms. The molecule has 204 valence electrons. The number of allylic oxidation sites excluding steroid dienone is 4. The van der Waals surface area contributed by atoms with E-state index in [0.717, 1.165) is 54.3 Å². The fourth-order valence-corrected chi connectivity index (χ4v) is 6.64. The van der Waals surface area contributed by atoms with Gasteiger partial charge in [0.1, 0.15) is 16.6 Å². The topological polar surface area (TPSA) is 66.8 Å². The summed E-state index contributed by atoms with van der Waals surface area (Å²) in [5.74, 6) is 1.63. The summed E-state index contributed by atoms with van der Waals surface area (Å²) in [7, 11) is 0. The molecule has 0 saturated carbocycles. The Balaban J connectivity index is 1.25. The molecule has 0 radical (unpaired) electrons. The van der Waals surface area contributed by atoms with Crippen molar-refractivity contribution in [1.82, 2.24) is 15.2 Å². The van der Waals surface area contributed by atoms with Gasteiger partial charge in [0, 0.05) is 35.4 Å². The van der Waals surface area contributed by atoms with Crippen molar-refractivity contribution in [1.29, 1.82) is 0 Å². The summed E-state index contributed by atoms with van der Waals surface area (Å²) < 4.78 is 5.64. The Bertz CT molecular complexity index is 1350. The van der Waals surface area contributed by atoms with Crippen molar-refractivity contribution in [2.24, 2.45) is 10.4 Å². The number of thioether (sulfide) groups is 1. The van der Waals surface area contributed by atoms with E-state index in [2.05, 4.69) is 58.2 Å².